The number of rotatable bonds is 3. The number of nitrogens with two attached hydrogens (primary N) is 1. The van der Waals surface area contributed by atoms with Gasteiger partial charge in [0.1, 0.15) is 0 Å². The molecule has 0 saturated heterocycles. The first-order valence-corrected chi connectivity index (χ1v) is 10.8. The fourth-order valence-electron chi connectivity index (χ4n) is 3.08. The maximum Gasteiger partial charge on any atom is 0.243 e. The normalized spacial score (nSPS) is 17.1. The summed E-state index contributed by atoms with van der Waals surface area (Å²) in [4.78, 5) is 0.0754. The number of hydrogen-bond donors (Lipinski definition) is 1. The first-order valence-electron chi connectivity index (χ1n) is 7.79. The third kappa shape index (κ3) is 2.94. The topological polar surface area (TPSA) is 116 Å². The molecule has 2 aromatic carbocycles. The zero-order chi connectivity index (χ0) is 18.5. The zero-order valence-corrected chi connectivity index (χ0v) is 15.2. The van der Waals surface area contributed by atoms with Crippen LogP contribution in [0.5, 0.6) is 11.5 Å². The Labute approximate surface area is 151 Å². The van der Waals surface area contributed by atoms with Crippen molar-refractivity contribution in [3.63, 3.8) is 0 Å². The van der Waals surface area contributed by atoms with Gasteiger partial charge >= 0.3 is 0 Å². The Kier molecular flexibility index (Phi) is 3.95. The van der Waals surface area contributed by atoms with Crippen LogP contribution < -0.4 is 14.6 Å². The Morgan fingerprint density at radius 1 is 0.885 bits per heavy atom. The Hall–Kier alpha value is -2.14. The summed E-state index contributed by atoms with van der Waals surface area (Å²) in [7, 11) is -7.60. The quantitative estimate of drug-likeness (QED) is 0.821. The molecule has 2 aliphatic rings. The number of fused-ring (bicyclic) bond motifs is 2. The van der Waals surface area contributed by atoms with Crippen LogP contribution >= 0.6 is 0 Å². The highest BCUT2D eigenvalue weighted by Gasteiger charge is 2.30. The van der Waals surface area contributed by atoms with Gasteiger partial charge in [-0.15, -0.1) is 0 Å². The molecule has 138 valence electrons. The van der Waals surface area contributed by atoms with Crippen LogP contribution in [0.3, 0.4) is 0 Å². The van der Waals surface area contributed by atoms with Gasteiger partial charge in [-0.2, -0.15) is 4.31 Å². The van der Waals surface area contributed by atoms with Gasteiger partial charge < -0.3 is 9.47 Å². The zero-order valence-electron chi connectivity index (χ0n) is 13.6. The largest absolute Gasteiger partial charge is 0.454 e. The van der Waals surface area contributed by atoms with E-state index in [1.54, 1.807) is 12.1 Å². The van der Waals surface area contributed by atoms with Crippen LogP contribution in [0.25, 0.3) is 0 Å². The lowest BCUT2D eigenvalue weighted by Crippen LogP contribution is -2.36. The molecular formula is C16H16N2O6S2. The van der Waals surface area contributed by atoms with Gasteiger partial charge in [-0.05, 0) is 41.8 Å². The molecule has 26 heavy (non-hydrogen) atoms. The first kappa shape index (κ1) is 17.3. The summed E-state index contributed by atoms with van der Waals surface area (Å²) < 4.78 is 60.8. The lowest BCUT2D eigenvalue weighted by Gasteiger charge is -2.28. The fraction of sp³-hybridized carbons (Fsp3) is 0.250. The van der Waals surface area contributed by atoms with Crippen LogP contribution in [0, 0.1) is 0 Å². The molecule has 0 aliphatic carbocycles. The van der Waals surface area contributed by atoms with E-state index in [9.17, 15) is 16.8 Å². The second kappa shape index (κ2) is 5.95. The molecule has 0 bridgehead atoms. The van der Waals surface area contributed by atoms with Gasteiger partial charge in [0.2, 0.25) is 26.8 Å². The number of hydrogen-bond acceptors (Lipinski definition) is 6. The van der Waals surface area contributed by atoms with E-state index in [1.165, 1.54) is 28.6 Å². The van der Waals surface area contributed by atoms with Crippen molar-refractivity contribution in [2.75, 3.05) is 13.3 Å². The Morgan fingerprint density at radius 3 is 2.38 bits per heavy atom. The predicted molar refractivity (Wildman–Crippen MR) is 91.7 cm³/mol. The minimum atomic E-state index is -3.85. The molecule has 2 N–H and O–H groups in total. The lowest BCUT2D eigenvalue weighted by molar-refractivity contribution is 0.174. The molecule has 0 saturated carbocycles. The number of benzene rings is 2. The van der Waals surface area contributed by atoms with Crippen molar-refractivity contribution in [2.45, 2.75) is 22.8 Å². The number of ether oxygens (including phenoxy) is 2. The second-order valence-corrected chi connectivity index (χ2v) is 9.58. The Morgan fingerprint density at radius 2 is 1.62 bits per heavy atom. The van der Waals surface area contributed by atoms with Gasteiger partial charge in [0.25, 0.3) is 0 Å². The van der Waals surface area contributed by atoms with Crippen molar-refractivity contribution in [1.29, 1.82) is 0 Å². The van der Waals surface area contributed by atoms with E-state index in [-0.39, 0.29) is 23.1 Å². The molecule has 0 radical (unpaired) electrons. The SMILES string of the molecule is NS(=O)(=O)c1ccc2c(c1)CN(S(=O)(=O)c1ccc3c(c1)OCO3)CC2. The van der Waals surface area contributed by atoms with Crippen molar-refractivity contribution in [3.05, 3.63) is 47.5 Å². The summed E-state index contributed by atoms with van der Waals surface area (Å²) in [6.45, 7) is 0.445. The van der Waals surface area contributed by atoms with Crippen LogP contribution in [0.15, 0.2) is 46.2 Å². The van der Waals surface area contributed by atoms with E-state index in [0.29, 0.717) is 30.0 Å². The molecule has 0 unspecified atom stereocenters. The smallest absolute Gasteiger partial charge is 0.243 e. The highest BCUT2D eigenvalue weighted by molar-refractivity contribution is 7.89. The fourth-order valence-corrected chi connectivity index (χ4v) is 5.08. The second-order valence-electron chi connectivity index (χ2n) is 6.08. The number of sulfonamides is 2. The standard InChI is InChI=1S/C16H16N2O6S2/c17-25(19,20)13-2-1-11-5-6-18(9-12(11)7-13)26(21,22)14-3-4-15-16(8-14)24-10-23-15/h1-4,7-8H,5-6,9-10H2,(H2,17,19,20). The van der Waals surface area contributed by atoms with Crippen LogP contribution in [-0.4, -0.2) is 34.5 Å². The highest BCUT2D eigenvalue weighted by atomic mass is 32.2. The summed E-state index contributed by atoms with van der Waals surface area (Å²) >= 11 is 0. The molecule has 4 rings (SSSR count). The van der Waals surface area contributed by atoms with Crippen molar-refractivity contribution in [1.82, 2.24) is 4.31 Å². The van der Waals surface area contributed by atoms with Crippen LogP contribution in [0.1, 0.15) is 11.1 Å². The lowest BCUT2D eigenvalue weighted by atomic mass is 10.0. The van der Waals surface area contributed by atoms with Gasteiger partial charge in [0.15, 0.2) is 11.5 Å². The summed E-state index contributed by atoms with van der Waals surface area (Å²) in [5.74, 6) is 0.894. The molecule has 2 aliphatic heterocycles. The molecule has 2 heterocycles. The molecule has 8 nitrogen and oxygen atoms in total. The number of primary sulfonamides is 1. The molecule has 0 atom stereocenters. The van der Waals surface area contributed by atoms with E-state index in [1.807, 2.05) is 0 Å². The third-order valence-corrected chi connectivity index (χ3v) is 7.22. The summed E-state index contributed by atoms with van der Waals surface area (Å²) in [6, 6.07) is 9.03. The molecule has 0 aromatic heterocycles. The van der Waals surface area contributed by atoms with E-state index in [0.717, 1.165) is 5.56 Å². The monoisotopic (exact) mass is 396 g/mol. The van der Waals surface area contributed by atoms with Crippen molar-refractivity contribution < 1.29 is 26.3 Å². The van der Waals surface area contributed by atoms with E-state index < -0.39 is 20.0 Å². The van der Waals surface area contributed by atoms with Crippen molar-refractivity contribution in [3.8, 4) is 11.5 Å². The Balaban J connectivity index is 1.67. The van der Waals surface area contributed by atoms with Gasteiger partial charge in [-0.1, -0.05) is 6.07 Å². The molecule has 10 heteroatoms. The maximum absolute atomic E-state index is 13.0. The highest BCUT2D eigenvalue weighted by Crippen LogP contribution is 2.35. The minimum absolute atomic E-state index is 0.0291. The summed E-state index contributed by atoms with van der Waals surface area (Å²) in [6.07, 6.45) is 0.490. The average molecular weight is 396 g/mol. The van der Waals surface area contributed by atoms with Crippen LogP contribution in [0.4, 0.5) is 0 Å². The first-order chi connectivity index (χ1) is 12.2. The van der Waals surface area contributed by atoms with E-state index >= 15 is 0 Å². The van der Waals surface area contributed by atoms with E-state index in [2.05, 4.69) is 0 Å². The van der Waals surface area contributed by atoms with Crippen molar-refractivity contribution >= 4 is 20.0 Å². The number of nitrogens with zero attached hydrogens (tertiary/aromatic N) is 1. The summed E-state index contributed by atoms with van der Waals surface area (Å²) in [5, 5.41) is 5.17. The molecular weight excluding hydrogens is 380 g/mol. The van der Waals surface area contributed by atoms with Gasteiger partial charge in [-0.25, -0.2) is 22.0 Å². The van der Waals surface area contributed by atoms with Crippen molar-refractivity contribution in [2.24, 2.45) is 5.14 Å². The van der Waals surface area contributed by atoms with Crippen LogP contribution in [-0.2, 0) is 33.0 Å². The van der Waals surface area contributed by atoms with E-state index in [4.69, 9.17) is 14.6 Å². The maximum atomic E-state index is 13.0. The van der Waals surface area contributed by atoms with Crippen LogP contribution in [0.2, 0.25) is 0 Å². The minimum Gasteiger partial charge on any atom is -0.454 e. The molecule has 0 spiro atoms. The van der Waals surface area contributed by atoms with Gasteiger partial charge in [0, 0.05) is 19.2 Å². The Bertz CT molecular complexity index is 1100. The predicted octanol–water partition coefficient (Wildman–Crippen LogP) is 0.810. The van der Waals surface area contributed by atoms with Gasteiger partial charge in [0.05, 0.1) is 9.79 Å². The molecule has 0 fully saturated rings. The summed E-state index contributed by atoms with van der Waals surface area (Å²) in [5.41, 5.74) is 1.54. The molecule has 2 aromatic rings. The average Bonchev–Trinajstić information content (AvgIpc) is 3.07. The third-order valence-electron chi connectivity index (χ3n) is 4.47. The van der Waals surface area contributed by atoms with Gasteiger partial charge in [-0.3, -0.25) is 0 Å². The molecule has 0 amide bonds.